The molecule has 2 heterocycles. The average Bonchev–Trinajstić information content (AvgIpc) is 3.11. The Labute approximate surface area is 171 Å². The van der Waals surface area contributed by atoms with Crippen molar-refractivity contribution in [3.05, 3.63) is 45.4 Å². The summed E-state index contributed by atoms with van der Waals surface area (Å²) in [6.45, 7) is 7.69. The molecule has 0 aliphatic rings. The van der Waals surface area contributed by atoms with Crippen molar-refractivity contribution in [3.8, 4) is 5.75 Å². The number of pyridine rings is 1. The monoisotopic (exact) mass is 474 g/mol. The van der Waals surface area contributed by atoms with Crippen LogP contribution in [-0.4, -0.2) is 31.6 Å². The van der Waals surface area contributed by atoms with Crippen LogP contribution in [0.25, 0.3) is 0 Å². The Morgan fingerprint density at radius 2 is 2.12 bits per heavy atom. The molecular formula is C18H27IN4OS. The number of aromatic nitrogens is 1. The first-order valence-electron chi connectivity index (χ1n) is 8.03. The Morgan fingerprint density at radius 3 is 2.72 bits per heavy atom. The van der Waals surface area contributed by atoms with Crippen LogP contribution in [0.5, 0.6) is 5.75 Å². The summed E-state index contributed by atoms with van der Waals surface area (Å²) in [6, 6.07) is 4.25. The van der Waals surface area contributed by atoms with Crippen molar-refractivity contribution in [1.82, 2.24) is 15.6 Å². The van der Waals surface area contributed by atoms with E-state index in [0.29, 0.717) is 12.5 Å². The summed E-state index contributed by atoms with van der Waals surface area (Å²) in [5, 5.41) is 8.81. The molecule has 0 bridgehead atoms. The number of guanidine groups is 1. The number of ether oxygens (including phenoxy) is 1. The van der Waals surface area contributed by atoms with Crippen molar-refractivity contribution in [2.24, 2.45) is 4.99 Å². The van der Waals surface area contributed by atoms with Gasteiger partial charge in [-0.2, -0.15) is 0 Å². The number of aliphatic imine (C=N–C) groups is 1. The molecule has 138 valence electrons. The number of aryl methyl sites for hydroxylation is 1. The lowest BCUT2D eigenvalue weighted by Crippen LogP contribution is -2.38. The predicted molar refractivity (Wildman–Crippen MR) is 117 cm³/mol. The maximum atomic E-state index is 5.46. The van der Waals surface area contributed by atoms with Gasteiger partial charge >= 0.3 is 0 Å². The fraction of sp³-hybridized carbons (Fsp3) is 0.444. The Bertz CT molecular complexity index is 689. The largest absolute Gasteiger partial charge is 0.496 e. The van der Waals surface area contributed by atoms with E-state index < -0.39 is 0 Å². The zero-order chi connectivity index (χ0) is 17.5. The van der Waals surface area contributed by atoms with Gasteiger partial charge in [-0.05, 0) is 25.3 Å². The number of hydrogen-bond acceptors (Lipinski definition) is 4. The minimum atomic E-state index is 0. The predicted octanol–water partition coefficient (Wildman–Crippen LogP) is 3.86. The number of rotatable bonds is 6. The Hall–Kier alpha value is -1.35. The maximum Gasteiger partial charge on any atom is 0.191 e. The minimum Gasteiger partial charge on any atom is -0.496 e. The molecule has 25 heavy (non-hydrogen) atoms. The van der Waals surface area contributed by atoms with Crippen LogP contribution in [0.3, 0.4) is 0 Å². The number of nitrogens with zero attached hydrogens (tertiary/aromatic N) is 2. The lowest BCUT2D eigenvalue weighted by Gasteiger charge is -2.16. The third-order valence-electron chi connectivity index (χ3n) is 4.00. The molecule has 2 rings (SSSR count). The second-order valence-corrected chi connectivity index (χ2v) is 6.75. The molecule has 2 aromatic rings. The van der Waals surface area contributed by atoms with Crippen LogP contribution in [-0.2, 0) is 6.54 Å². The first kappa shape index (κ1) is 21.7. The van der Waals surface area contributed by atoms with Crippen molar-refractivity contribution in [1.29, 1.82) is 0 Å². The van der Waals surface area contributed by atoms with Gasteiger partial charge in [0.05, 0.1) is 19.3 Å². The standard InChI is InChI=1S/C18H26N4OS.HI/c1-12(16-7-6-8-24-16)9-21-18(19-4)22-11-15-14(3)17(23-5)13(2)10-20-15;/h6-8,10,12H,9,11H2,1-5H3,(H2,19,21,22);1H. The SMILES string of the molecule is CN=C(NCc1ncc(C)c(OC)c1C)NCC(C)c1cccs1.I. The summed E-state index contributed by atoms with van der Waals surface area (Å²) in [5.41, 5.74) is 3.07. The normalized spacial score (nSPS) is 12.3. The van der Waals surface area contributed by atoms with Crippen LogP contribution >= 0.6 is 35.3 Å². The molecular weight excluding hydrogens is 447 g/mol. The van der Waals surface area contributed by atoms with Gasteiger partial charge in [0, 0.05) is 41.7 Å². The molecule has 0 saturated carbocycles. The molecule has 0 spiro atoms. The third-order valence-corrected chi connectivity index (χ3v) is 5.11. The highest BCUT2D eigenvalue weighted by atomic mass is 127. The zero-order valence-corrected chi connectivity index (χ0v) is 18.6. The summed E-state index contributed by atoms with van der Waals surface area (Å²) in [5.74, 6) is 2.12. The summed E-state index contributed by atoms with van der Waals surface area (Å²) in [7, 11) is 3.47. The van der Waals surface area contributed by atoms with Crippen LogP contribution in [0.15, 0.2) is 28.7 Å². The summed E-state index contributed by atoms with van der Waals surface area (Å²) in [4.78, 5) is 10.2. The molecule has 1 unspecified atom stereocenters. The quantitative estimate of drug-likeness (QED) is 0.380. The van der Waals surface area contributed by atoms with Gasteiger partial charge in [0.15, 0.2) is 5.96 Å². The molecule has 0 saturated heterocycles. The summed E-state index contributed by atoms with van der Waals surface area (Å²) < 4.78 is 5.46. The zero-order valence-electron chi connectivity index (χ0n) is 15.4. The van der Waals surface area contributed by atoms with Crippen molar-refractivity contribution in [2.75, 3.05) is 20.7 Å². The fourth-order valence-corrected chi connectivity index (χ4v) is 3.35. The summed E-state index contributed by atoms with van der Waals surface area (Å²) in [6.07, 6.45) is 1.85. The van der Waals surface area contributed by atoms with E-state index in [0.717, 1.165) is 35.1 Å². The van der Waals surface area contributed by atoms with Gasteiger partial charge in [-0.1, -0.05) is 13.0 Å². The highest BCUT2D eigenvalue weighted by molar-refractivity contribution is 14.0. The topological polar surface area (TPSA) is 58.5 Å². The van der Waals surface area contributed by atoms with Gasteiger partial charge in [0.2, 0.25) is 0 Å². The van der Waals surface area contributed by atoms with E-state index in [-0.39, 0.29) is 24.0 Å². The van der Waals surface area contributed by atoms with Gasteiger partial charge in [-0.25, -0.2) is 0 Å². The lowest BCUT2D eigenvalue weighted by molar-refractivity contribution is 0.406. The Kier molecular flexibility index (Phi) is 9.20. The van der Waals surface area contributed by atoms with E-state index >= 15 is 0 Å². The molecule has 1 atom stereocenters. The molecule has 0 aromatic carbocycles. The van der Waals surface area contributed by atoms with Gasteiger partial charge in [0.25, 0.3) is 0 Å². The first-order chi connectivity index (χ1) is 11.6. The van der Waals surface area contributed by atoms with Crippen LogP contribution in [0.1, 0.15) is 34.5 Å². The molecule has 2 aromatic heterocycles. The molecule has 0 aliphatic carbocycles. The number of hydrogen-bond donors (Lipinski definition) is 2. The summed E-state index contributed by atoms with van der Waals surface area (Å²) >= 11 is 1.78. The molecule has 0 amide bonds. The van der Waals surface area contributed by atoms with Gasteiger partial charge < -0.3 is 15.4 Å². The van der Waals surface area contributed by atoms with Crippen molar-refractivity contribution in [3.63, 3.8) is 0 Å². The molecule has 0 radical (unpaired) electrons. The van der Waals surface area contributed by atoms with E-state index in [1.165, 1.54) is 4.88 Å². The highest BCUT2D eigenvalue weighted by Gasteiger charge is 2.11. The van der Waals surface area contributed by atoms with Crippen LogP contribution < -0.4 is 15.4 Å². The highest BCUT2D eigenvalue weighted by Crippen LogP contribution is 2.23. The van der Waals surface area contributed by atoms with Crippen molar-refractivity contribution < 1.29 is 4.74 Å². The van der Waals surface area contributed by atoms with E-state index in [4.69, 9.17) is 4.74 Å². The van der Waals surface area contributed by atoms with Crippen molar-refractivity contribution in [2.45, 2.75) is 33.2 Å². The molecule has 5 nitrogen and oxygen atoms in total. The van der Waals surface area contributed by atoms with Crippen molar-refractivity contribution >= 4 is 41.3 Å². The Balaban J connectivity index is 0.00000312. The van der Waals surface area contributed by atoms with Crippen LogP contribution in [0, 0.1) is 13.8 Å². The van der Waals surface area contributed by atoms with E-state index in [1.807, 2.05) is 20.0 Å². The van der Waals surface area contributed by atoms with E-state index in [1.54, 1.807) is 25.5 Å². The number of nitrogens with one attached hydrogen (secondary N) is 2. The number of halogens is 1. The first-order valence-corrected chi connectivity index (χ1v) is 8.91. The molecule has 2 N–H and O–H groups in total. The van der Waals surface area contributed by atoms with Gasteiger partial charge in [-0.3, -0.25) is 9.98 Å². The third kappa shape index (κ3) is 5.85. The molecule has 0 aliphatic heterocycles. The van der Waals surface area contributed by atoms with Gasteiger partial charge in [-0.15, -0.1) is 35.3 Å². The smallest absolute Gasteiger partial charge is 0.191 e. The molecule has 7 heteroatoms. The maximum absolute atomic E-state index is 5.46. The number of methoxy groups -OCH3 is 1. The average molecular weight is 474 g/mol. The van der Waals surface area contributed by atoms with Gasteiger partial charge in [0.1, 0.15) is 5.75 Å². The Morgan fingerprint density at radius 1 is 1.36 bits per heavy atom. The number of thiophene rings is 1. The molecule has 0 fully saturated rings. The van der Waals surface area contributed by atoms with E-state index in [2.05, 4.69) is 45.0 Å². The minimum absolute atomic E-state index is 0. The second kappa shape index (κ2) is 10.6. The van der Waals surface area contributed by atoms with Crippen LogP contribution in [0.2, 0.25) is 0 Å². The fourth-order valence-electron chi connectivity index (χ4n) is 2.56. The van der Waals surface area contributed by atoms with Crippen LogP contribution in [0.4, 0.5) is 0 Å². The second-order valence-electron chi connectivity index (χ2n) is 5.77. The lowest BCUT2D eigenvalue weighted by atomic mass is 10.1. The van der Waals surface area contributed by atoms with E-state index in [9.17, 15) is 0 Å².